The lowest BCUT2D eigenvalue weighted by Crippen LogP contribution is -2.62. The molecule has 0 aromatic rings. The van der Waals surface area contributed by atoms with Crippen LogP contribution in [0.15, 0.2) is 4.99 Å². The zero-order valence-electron chi connectivity index (χ0n) is 5.80. The molecule has 0 saturated carbocycles. The number of nitrogens with one attached hydrogen (secondary N) is 3. The van der Waals surface area contributed by atoms with Gasteiger partial charge in [-0.15, -0.1) is 0 Å². The van der Waals surface area contributed by atoms with Crippen molar-refractivity contribution in [2.75, 3.05) is 0 Å². The monoisotopic (exact) mass is 188 g/mol. The molecule has 0 aromatic heterocycles. The van der Waals surface area contributed by atoms with Gasteiger partial charge < -0.3 is 10.6 Å². The molecule has 0 spiro atoms. The molecule has 1 saturated heterocycles. The third kappa shape index (κ3) is 1.00. The summed E-state index contributed by atoms with van der Waals surface area (Å²) >= 11 is 5.51. The summed E-state index contributed by atoms with van der Waals surface area (Å²) in [6, 6.07) is -1.12. The van der Waals surface area contributed by atoms with Crippen LogP contribution in [0.4, 0.5) is 4.79 Å². The highest BCUT2D eigenvalue weighted by atomic mass is 35.5. The zero-order chi connectivity index (χ0) is 8.72. The molecule has 2 rings (SSSR count). The summed E-state index contributed by atoms with van der Waals surface area (Å²) in [5.41, 5.74) is 0. The highest BCUT2D eigenvalue weighted by Gasteiger charge is 2.39. The highest BCUT2D eigenvalue weighted by Crippen LogP contribution is 2.09. The minimum atomic E-state index is -0.574. The molecule has 2 atom stereocenters. The van der Waals surface area contributed by atoms with Crippen LogP contribution in [0.25, 0.3) is 0 Å². The van der Waals surface area contributed by atoms with Gasteiger partial charge in [-0.1, -0.05) is 0 Å². The molecule has 0 aromatic carbocycles. The van der Waals surface area contributed by atoms with Crippen LogP contribution in [-0.4, -0.2) is 29.4 Å². The molecule has 0 radical (unpaired) electrons. The Balaban J connectivity index is 2.22. The van der Waals surface area contributed by atoms with E-state index < -0.39 is 24.1 Å². The van der Waals surface area contributed by atoms with Gasteiger partial charge in [0.2, 0.25) is 0 Å². The van der Waals surface area contributed by atoms with Crippen LogP contribution < -0.4 is 16.0 Å². The van der Waals surface area contributed by atoms with Crippen molar-refractivity contribution in [2.45, 2.75) is 12.2 Å². The molecule has 0 aliphatic carbocycles. The lowest BCUT2D eigenvalue weighted by Gasteiger charge is -2.23. The average molecular weight is 189 g/mol. The molecule has 2 unspecified atom stereocenters. The summed E-state index contributed by atoms with van der Waals surface area (Å²) in [6.45, 7) is 0. The Morgan fingerprint density at radius 2 is 2.08 bits per heavy atom. The first-order valence-electron chi connectivity index (χ1n) is 3.28. The molecule has 0 bridgehead atoms. The van der Waals surface area contributed by atoms with Crippen molar-refractivity contribution in [1.82, 2.24) is 16.0 Å². The molecular weight excluding hydrogens is 184 g/mol. The summed E-state index contributed by atoms with van der Waals surface area (Å²) < 4.78 is 0. The Bertz CT molecular complexity index is 289. The summed E-state index contributed by atoms with van der Waals surface area (Å²) in [7, 11) is 0. The first-order valence-corrected chi connectivity index (χ1v) is 3.66. The molecule has 7 heteroatoms. The number of aliphatic imine (C=N–C) groups is 1. The summed E-state index contributed by atoms with van der Waals surface area (Å²) in [5, 5.41) is 7.28. The van der Waals surface area contributed by atoms with E-state index in [9.17, 15) is 9.59 Å². The van der Waals surface area contributed by atoms with Gasteiger partial charge >= 0.3 is 6.03 Å². The van der Waals surface area contributed by atoms with Crippen LogP contribution in [0.3, 0.4) is 0 Å². The van der Waals surface area contributed by atoms with Crippen LogP contribution in [0.5, 0.6) is 0 Å². The molecule has 3 N–H and O–H groups in total. The Morgan fingerprint density at radius 3 is 2.83 bits per heavy atom. The first kappa shape index (κ1) is 7.35. The maximum Gasteiger partial charge on any atom is 0.323 e. The van der Waals surface area contributed by atoms with Crippen molar-refractivity contribution in [1.29, 1.82) is 0 Å². The van der Waals surface area contributed by atoms with E-state index in [1.54, 1.807) is 0 Å². The third-order valence-electron chi connectivity index (χ3n) is 1.64. The molecular formula is C5H5ClN4O2. The number of amidine groups is 1. The van der Waals surface area contributed by atoms with Crippen molar-refractivity contribution in [3.8, 4) is 0 Å². The fourth-order valence-corrected chi connectivity index (χ4v) is 1.35. The molecule has 2 heterocycles. The summed E-state index contributed by atoms with van der Waals surface area (Å²) in [5.74, 6) is -0.414. The van der Waals surface area contributed by atoms with E-state index in [1.807, 2.05) is 0 Å². The number of carbonyl (C=O) groups excluding carboxylic acids is 2. The van der Waals surface area contributed by atoms with Gasteiger partial charge in [0, 0.05) is 0 Å². The van der Waals surface area contributed by atoms with E-state index in [1.165, 1.54) is 0 Å². The molecule has 6 nitrogen and oxygen atoms in total. The standard InChI is InChI=1S/C5H5ClN4O2/c6-4-7-1-2(8-4)9-5(12)10-3(1)11/h1-2H,(H,7,8)(H2,9,10,11,12). The predicted molar refractivity (Wildman–Crippen MR) is 40.7 cm³/mol. The van der Waals surface area contributed by atoms with Crippen molar-refractivity contribution in [3.05, 3.63) is 0 Å². The molecule has 2 aliphatic heterocycles. The van der Waals surface area contributed by atoms with Gasteiger partial charge in [0.05, 0.1) is 0 Å². The Hall–Kier alpha value is -1.30. The van der Waals surface area contributed by atoms with E-state index >= 15 is 0 Å². The molecule has 2 aliphatic rings. The predicted octanol–water partition coefficient (Wildman–Crippen LogP) is -1.28. The van der Waals surface area contributed by atoms with Crippen molar-refractivity contribution in [2.24, 2.45) is 4.99 Å². The topological polar surface area (TPSA) is 82.6 Å². The third-order valence-corrected chi connectivity index (χ3v) is 1.85. The van der Waals surface area contributed by atoms with Gasteiger partial charge in [-0.05, 0) is 11.6 Å². The second kappa shape index (κ2) is 2.34. The minimum Gasteiger partial charge on any atom is -0.345 e. The molecule has 3 amide bonds. The fraction of sp³-hybridized carbons (Fsp3) is 0.400. The maximum atomic E-state index is 11.1. The van der Waals surface area contributed by atoms with E-state index in [2.05, 4.69) is 20.9 Å². The normalized spacial score (nSPS) is 32.9. The number of fused-ring (bicyclic) bond motifs is 1. The largest absolute Gasteiger partial charge is 0.345 e. The maximum absolute atomic E-state index is 11.1. The van der Waals surface area contributed by atoms with Gasteiger partial charge in [0.25, 0.3) is 5.91 Å². The fourth-order valence-electron chi connectivity index (χ4n) is 1.13. The Labute approximate surface area is 72.4 Å². The van der Waals surface area contributed by atoms with Crippen molar-refractivity contribution >= 4 is 28.8 Å². The van der Waals surface area contributed by atoms with Gasteiger partial charge in [-0.3, -0.25) is 10.1 Å². The lowest BCUT2D eigenvalue weighted by atomic mass is 10.2. The summed E-state index contributed by atoms with van der Waals surface area (Å²) in [6.07, 6.45) is -0.571. The number of rotatable bonds is 0. The van der Waals surface area contributed by atoms with Crippen LogP contribution in [0, 0.1) is 0 Å². The van der Waals surface area contributed by atoms with Crippen LogP contribution >= 0.6 is 11.6 Å². The van der Waals surface area contributed by atoms with Gasteiger partial charge in [0.15, 0.2) is 11.5 Å². The van der Waals surface area contributed by atoms with Crippen molar-refractivity contribution < 1.29 is 9.59 Å². The number of imide groups is 1. The van der Waals surface area contributed by atoms with E-state index in [4.69, 9.17) is 11.6 Å². The quantitative estimate of drug-likeness (QED) is 0.414. The summed E-state index contributed by atoms with van der Waals surface area (Å²) in [4.78, 5) is 25.6. The number of hydrogen-bond acceptors (Lipinski definition) is 4. The number of urea groups is 1. The smallest absolute Gasteiger partial charge is 0.323 e. The zero-order valence-corrected chi connectivity index (χ0v) is 6.55. The average Bonchev–Trinajstić information content (AvgIpc) is 2.29. The Kier molecular flexibility index (Phi) is 1.44. The van der Waals surface area contributed by atoms with Gasteiger partial charge in [-0.25, -0.2) is 9.79 Å². The number of amides is 3. The number of halogens is 1. The number of hydrogen-bond donors (Lipinski definition) is 3. The van der Waals surface area contributed by atoms with Gasteiger partial charge in [-0.2, -0.15) is 0 Å². The number of carbonyl (C=O) groups is 2. The van der Waals surface area contributed by atoms with E-state index in [0.717, 1.165) is 0 Å². The first-order chi connectivity index (χ1) is 5.66. The molecule has 12 heavy (non-hydrogen) atoms. The van der Waals surface area contributed by atoms with Crippen molar-refractivity contribution in [3.63, 3.8) is 0 Å². The second-order valence-electron chi connectivity index (χ2n) is 2.45. The SMILES string of the molecule is O=C1NC(=O)C2NC(Cl)=NC2N1. The second-order valence-corrected chi connectivity index (χ2v) is 2.81. The van der Waals surface area contributed by atoms with Crippen LogP contribution in [0.2, 0.25) is 0 Å². The van der Waals surface area contributed by atoms with Crippen LogP contribution in [0.1, 0.15) is 0 Å². The minimum absolute atomic E-state index is 0.141. The highest BCUT2D eigenvalue weighted by molar-refractivity contribution is 6.65. The number of nitrogens with zero attached hydrogens (tertiary/aromatic N) is 1. The van der Waals surface area contributed by atoms with Crippen LogP contribution in [-0.2, 0) is 4.79 Å². The van der Waals surface area contributed by atoms with E-state index in [0.29, 0.717) is 0 Å². The molecule has 1 fully saturated rings. The Morgan fingerprint density at radius 1 is 1.33 bits per heavy atom. The van der Waals surface area contributed by atoms with Gasteiger partial charge in [0.1, 0.15) is 6.04 Å². The molecule has 64 valence electrons. The lowest BCUT2D eigenvalue weighted by molar-refractivity contribution is -0.122. The van der Waals surface area contributed by atoms with E-state index in [-0.39, 0.29) is 5.29 Å².